The number of nitrogens with one attached hydrogen (secondary N) is 1. The van der Waals surface area contributed by atoms with Crippen molar-refractivity contribution in [2.24, 2.45) is 0 Å². The number of nitrogen functional groups attached to an aromatic ring is 1. The second-order valence-electron chi connectivity index (χ2n) is 6.66. The van der Waals surface area contributed by atoms with Crippen molar-refractivity contribution in [2.45, 2.75) is 29.4 Å². The highest BCUT2D eigenvalue weighted by Gasteiger charge is 2.25. The zero-order valence-corrected chi connectivity index (χ0v) is 16.6. The van der Waals surface area contributed by atoms with Crippen molar-refractivity contribution in [3.8, 4) is 0 Å². The Labute approximate surface area is 175 Å². The largest absolute Gasteiger partial charge is 0.368 e. The van der Waals surface area contributed by atoms with E-state index < -0.39 is 32.4 Å². The van der Waals surface area contributed by atoms with E-state index in [9.17, 15) is 22.0 Å². The number of rotatable bonds is 4. The number of nitrogens with two attached hydrogens (primary N) is 1. The van der Waals surface area contributed by atoms with Crippen LogP contribution in [0.5, 0.6) is 0 Å². The molecule has 3 N–H and O–H groups in total. The number of carbonyl (C=O) groups excluding carboxylic acids is 1. The van der Waals surface area contributed by atoms with E-state index in [1.807, 2.05) is 0 Å². The van der Waals surface area contributed by atoms with Gasteiger partial charge in [-0.1, -0.05) is 0 Å². The van der Waals surface area contributed by atoms with Crippen LogP contribution in [0.15, 0.2) is 46.6 Å². The summed E-state index contributed by atoms with van der Waals surface area (Å²) in [4.78, 5) is 28.8. The van der Waals surface area contributed by atoms with Crippen LogP contribution in [0.4, 0.5) is 19.5 Å². The van der Waals surface area contributed by atoms with Crippen LogP contribution in [0.2, 0.25) is 0 Å². The van der Waals surface area contributed by atoms with E-state index in [0.29, 0.717) is 30.4 Å². The minimum absolute atomic E-state index is 0.0611. The van der Waals surface area contributed by atoms with E-state index in [4.69, 9.17) is 5.73 Å². The molecule has 0 saturated heterocycles. The lowest BCUT2D eigenvalue weighted by Gasteiger charge is -2.15. The first-order chi connectivity index (χ1) is 14.7. The molecule has 2 amide bonds. The monoisotopic (exact) mass is 447 g/mol. The zero-order valence-electron chi connectivity index (χ0n) is 15.8. The Morgan fingerprint density at radius 3 is 2.39 bits per heavy atom. The topological polar surface area (TPSA) is 144 Å². The number of sulfone groups is 1. The molecule has 0 spiro atoms. The Bertz CT molecular complexity index is 1250. The summed E-state index contributed by atoms with van der Waals surface area (Å²) in [6.07, 6.45) is 3.59. The minimum atomic E-state index is -4.20. The van der Waals surface area contributed by atoms with Gasteiger partial charge in [0.05, 0.1) is 30.2 Å². The Hall–Kier alpha value is -3.74. The lowest BCUT2D eigenvalue weighted by Crippen LogP contribution is -2.36. The van der Waals surface area contributed by atoms with Crippen molar-refractivity contribution in [1.82, 2.24) is 30.2 Å². The van der Waals surface area contributed by atoms with Gasteiger partial charge in [0.1, 0.15) is 22.4 Å². The number of halogens is 2. The van der Waals surface area contributed by atoms with Gasteiger partial charge < -0.3 is 16.0 Å². The van der Waals surface area contributed by atoms with Crippen molar-refractivity contribution in [2.75, 3.05) is 5.73 Å². The van der Waals surface area contributed by atoms with Crippen LogP contribution >= 0.6 is 0 Å². The van der Waals surface area contributed by atoms with Crippen molar-refractivity contribution < 1.29 is 22.0 Å². The number of aromatic nitrogens is 4. The van der Waals surface area contributed by atoms with Crippen molar-refractivity contribution in [3.05, 3.63) is 65.5 Å². The molecule has 0 saturated carbocycles. The first-order valence-electron chi connectivity index (χ1n) is 8.87. The molecule has 3 aromatic rings. The number of carbonyl (C=O) groups is 1. The van der Waals surface area contributed by atoms with E-state index in [1.54, 1.807) is 6.20 Å². The maximum Gasteiger partial charge on any atom is 0.318 e. The van der Waals surface area contributed by atoms with E-state index >= 15 is 0 Å². The SMILES string of the molecule is Nc1ncc2c(n1)CN(C(=O)NCc1ncc(S(=O)(=O)c3cc(F)cc(F)c3)cn1)C2. The maximum atomic E-state index is 13.4. The van der Waals surface area contributed by atoms with E-state index in [-0.39, 0.29) is 29.8 Å². The summed E-state index contributed by atoms with van der Waals surface area (Å²) in [6.45, 7) is 0.536. The van der Waals surface area contributed by atoms with Crippen LogP contribution in [0.3, 0.4) is 0 Å². The Morgan fingerprint density at radius 1 is 1.03 bits per heavy atom. The van der Waals surface area contributed by atoms with Crippen LogP contribution in [-0.4, -0.2) is 39.3 Å². The molecule has 0 bridgehead atoms. The molecule has 31 heavy (non-hydrogen) atoms. The lowest BCUT2D eigenvalue weighted by molar-refractivity contribution is 0.197. The molecule has 3 heterocycles. The van der Waals surface area contributed by atoms with Crippen molar-refractivity contribution in [1.29, 1.82) is 0 Å². The molecule has 0 aliphatic carbocycles. The van der Waals surface area contributed by atoms with Gasteiger partial charge in [-0.25, -0.2) is 41.9 Å². The third-order valence-corrected chi connectivity index (χ3v) is 6.19. The van der Waals surface area contributed by atoms with Crippen molar-refractivity contribution >= 4 is 21.8 Å². The number of hydrogen-bond donors (Lipinski definition) is 2. The van der Waals surface area contributed by atoms with Crippen LogP contribution in [0.1, 0.15) is 17.1 Å². The van der Waals surface area contributed by atoms with Gasteiger partial charge in [0.25, 0.3) is 0 Å². The predicted molar refractivity (Wildman–Crippen MR) is 102 cm³/mol. The van der Waals surface area contributed by atoms with Gasteiger partial charge in [0.2, 0.25) is 15.8 Å². The molecule has 0 radical (unpaired) electrons. The third kappa shape index (κ3) is 4.26. The summed E-state index contributed by atoms with van der Waals surface area (Å²) in [5.74, 6) is -1.75. The van der Waals surface area contributed by atoms with E-state index in [1.165, 1.54) is 4.90 Å². The molecule has 1 aromatic carbocycles. The van der Waals surface area contributed by atoms with Crippen LogP contribution in [0, 0.1) is 11.6 Å². The minimum Gasteiger partial charge on any atom is -0.368 e. The van der Waals surface area contributed by atoms with Gasteiger partial charge in [-0.15, -0.1) is 0 Å². The summed E-state index contributed by atoms with van der Waals surface area (Å²) >= 11 is 0. The highest BCUT2D eigenvalue weighted by Crippen LogP contribution is 2.22. The predicted octanol–water partition coefficient (Wildman–Crippen LogP) is 1.19. The molecule has 0 fully saturated rings. The molecule has 0 unspecified atom stereocenters. The van der Waals surface area contributed by atoms with Crippen LogP contribution in [-0.2, 0) is 29.5 Å². The standard InChI is InChI=1S/C18H15F2N7O3S/c19-11-1-12(20)3-13(2-11)31(29,30)14-5-22-16(23-6-14)7-25-18(28)27-8-10-4-24-17(21)26-15(10)9-27/h1-6H,7-9H2,(H,25,28)(H2,21,24,26). The van der Waals surface area contributed by atoms with E-state index in [2.05, 4.69) is 25.3 Å². The summed E-state index contributed by atoms with van der Waals surface area (Å²) in [5.41, 5.74) is 7.01. The Kier molecular flexibility index (Phi) is 5.19. The van der Waals surface area contributed by atoms with Crippen molar-refractivity contribution in [3.63, 3.8) is 0 Å². The Morgan fingerprint density at radius 2 is 1.71 bits per heavy atom. The second kappa shape index (κ2) is 7.83. The second-order valence-corrected chi connectivity index (χ2v) is 8.61. The number of benzene rings is 1. The fraction of sp³-hybridized carbons (Fsp3) is 0.167. The first kappa shape index (κ1) is 20.5. The highest BCUT2D eigenvalue weighted by molar-refractivity contribution is 7.91. The van der Waals surface area contributed by atoms with Crippen LogP contribution < -0.4 is 11.1 Å². The number of hydrogen-bond acceptors (Lipinski definition) is 8. The summed E-state index contributed by atoms with van der Waals surface area (Å²) < 4.78 is 51.7. The van der Waals surface area contributed by atoms with Gasteiger partial charge in [0, 0.05) is 30.2 Å². The molecule has 0 atom stereocenters. The molecular weight excluding hydrogens is 432 g/mol. The molecule has 160 valence electrons. The average molecular weight is 447 g/mol. The third-order valence-electron chi connectivity index (χ3n) is 4.50. The molecule has 10 nitrogen and oxygen atoms in total. The molecule has 4 rings (SSSR count). The molecular formula is C18H15F2N7O3S. The number of fused-ring (bicyclic) bond motifs is 1. The normalized spacial score (nSPS) is 13.2. The molecule has 1 aliphatic rings. The van der Waals surface area contributed by atoms with Gasteiger partial charge in [-0.2, -0.15) is 0 Å². The number of urea groups is 1. The van der Waals surface area contributed by atoms with Gasteiger partial charge in [0.15, 0.2) is 0 Å². The fourth-order valence-corrected chi connectivity index (χ4v) is 4.16. The first-order valence-corrected chi connectivity index (χ1v) is 10.4. The maximum absolute atomic E-state index is 13.4. The molecule has 13 heteroatoms. The fourth-order valence-electron chi connectivity index (χ4n) is 2.97. The van der Waals surface area contributed by atoms with Gasteiger partial charge in [-0.05, 0) is 12.1 Å². The highest BCUT2D eigenvalue weighted by atomic mass is 32.2. The summed E-state index contributed by atoms with van der Waals surface area (Å²) in [5, 5.41) is 2.63. The van der Waals surface area contributed by atoms with Gasteiger partial charge in [-0.3, -0.25) is 0 Å². The molecule has 2 aromatic heterocycles. The number of nitrogens with zero attached hydrogens (tertiary/aromatic N) is 5. The quantitative estimate of drug-likeness (QED) is 0.607. The van der Waals surface area contributed by atoms with Gasteiger partial charge >= 0.3 is 6.03 Å². The zero-order chi connectivity index (χ0) is 22.2. The smallest absolute Gasteiger partial charge is 0.318 e. The van der Waals surface area contributed by atoms with E-state index in [0.717, 1.165) is 18.0 Å². The summed E-state index contributed by atoms with van der Waals surface area (Å²) in [7, 11) is -4.20. The summed E-state index contributed by atoms with van der Waals surface area (Å²) in [6, 6.07) is 1.59. The lowest BCUT2D eigenvalue weighted by atomic mass is 10.3. The number of amides is 2. The Balaban J connectivity index is 1.40. The van der Waals surface area contributed by atoms with Crippen LogP contribution in [0.25, 0.3) is 0 Å². The average Bonchev–Trinajstić information content (AvgIpc) is 3.15. The molecule has 1 aliphatic heterocycles. The number of anilines is 1.